The minimum atomic E-state index is -0.256. The summed E-state index contributed by atoms with van der Waals surface area (Å²) in [6.07, 6.45) is 0. The molecule has 1 rings (SSSR count). The third kappa shape index (κ3) is 2.92. The normalized spacial score (nSPS) is 11.8. The van der Waals surface area contributed by atoms with Gasteiger partial charge in [-0.15, -0.1) is 0 Å². The van der Waals surface area contributed by atoms with Crippen LogP contribution in [0, 0.1) is 0 Å². The van der Waals surface area contributed by atoms with Crippen molar-refractivity contribution in [2.45, 2.75) is 13.0 Å². The molecule has 0 fully saturated rings. The molecule has 0 saturated carbocycles. The van der Waals surface area contributed by atoms with Crippen molar-refractivity contribution in [3.8, 4) is 11.5 Å². The van der Waals surface area contributed by atoms with Crippen molar-refractivity contribution in [3.05, 3.63) is 23.8 Å². The van der Waals surface area contributed by atoms with Crippen LogP contribution in [0.1, 0.15) is 17.3 Å². The van der Waals surface area contributed by atoms with Crippen LogP contribution in [-0.2, 0) is 0 Å². The number of carbonyl (C=O) groups is 1. The highest BCUT2D eigenvalue weighted by atomic mass is 16.5. The van der Waals surface area contributed by atoms with Crippen LogP contribution < -0.4 is 9.47 Å². The fourth-order valence-electron chi connectivity index (χ4n) is 1.49. The Morgan fingerprint density at radius 1 is 1.39 bits per heavy atom. The molecule has 5 heteroatoms. The summed E-state index contributed by atoms with van der Waals surface area (Å²) < 4.78 is 10.3. The third-order valence-electron chi connectivity index (χ3n) is 2.88. The largest absolute Gasteiger partial charge is 0.497 e. The molecule has 1 unspecified atom stereocenters. The van der Waals surface area contributed by atoms with Gasteiger partial charge in [0.15, 0.2) is 0 Å². The summed E-state index contributed by atoms with van der Waals surface area (Å²) in [5, 5.41) is 9.08. The lowest BCUT2D eigenvalue weighted by molar-refractivity contribution is 0.0678. The number of hydrogen-bond donors (Lipinski definition) is 1. The number of amides is 1. The summed E-state index contributed by atoms with van der Waals surface area (Å²) in [6.45, 7) is 1.68. The van der Waals surface area contributed by atoms with Crippen molar-refractivity contribution in [3.63, 3.8) is 0 Å². The molecule has 5 nitrogen and oxygen atoms in total. The van der Waals surface area contributed by atoms with Gasteiger partial charge < -0.3 is 19.5 Å². The standard InChI is InChI=1S/C13H19NO4/c1-9(8-15)14(2)13(16)11-7-10(17-3)5-6-12(11)18-4/h5-7,9,15H,8H2,1-4H3. The molecule has 18 heavy (non-hydrogen) atoms. The lowest BCUT2D eigenvalue weighted by Gasteiger charge is -2.24. The van der Waals surface area contributed by atoms with Crippen LogP contribution in [0.3, 0.4) is 0 Å². The molecule has 100 valence electrons. The Morgan fingerprint density at radius 2 is 2.06 bits per heavy atom. The van der Waals surface area contributed by atoms with E-state index in [2.05, 4.69) is 0 Å². The smallest absolute Gasteiger partial charge is 0.257 e. The summed E-state index contributed by atoms with van der Waals surface area (Å²) in [6, 6.07) is 4.78. The lowest BCUT2D eigenvalue weighted by atomic mass is 10.1. The maximum atomic E-state index is 12.3. The molecule has 1 amide bonds. The first kappa shape index (κ1) is 14.3. The van der Waals surface area contributed by atoms with Gasteiger partial charge in [-0.25, -0.2) is 0 Å². The predicted molar refractivity (Wildman–Crippen MR) is 68.2 cm³/mol. The van der Waals surface area contributed by atoms with Crippen molar-refractivity contribution in [1.29, 1.82) is 0 Å². The third-order valence-corrected chi connectivity index (χ3v) is 2.88. The molecule has 1 N–H and O–H groups in total. The van der Waals surface area contributed by atoms with E-state index >= 15 is 0 Å². The highest BCUT2D eigenvalue weighted by Gasteiger charge is 2.20. The zero-order valence-corrected chi connectivity index (χ0v) is 11.1. The zero-order chi connectivity index (χ0) is 13.7. The maximum Gasteiger partial charge on any atom is 0.257 e. The zero-order valence-electron chi connectivity index (χ0n) is 11.1. The van der Waals surface area contributed by atoms with E-state index in [1.165, 1.54) is 19.1 Å². The van der Waals surface area contributed by atoms with Crippen LogP contribution in [0.15, 0.2) is 18.2 Å². The monoisotopic (exact) mass is 253 g/mol. The van der Waals surface area contributed by atoms with Gasteiger partial charge >= 0.3 is 0 Å². The van der Waals surface area contributed by atoms with Gasteiger partial charge in [0.05, 0.1) is 32.4 Å². The highest BCUT2D eigenvalue weighted by Crippen LogP contribution is 2.25. The molecule has 0 radical (unpaired) electrons. The van der Waals surface area contributed by atoms with Crippen molar-refractivity contribution in [1.82, 2.24) is 4.90 Å². The molecule has 0 spiro atoms. The molecule has 0 aliphatic rings. The van der Waals surface area contributed by atoms with E-state index in [1.54, 1.807) is 32.2 Å². The molecular formula is C13H19NO4. The number of likely N-dealkylation sites (N-methyl/N-ethyl adjacent to an activating group) is 1. The summed E-state index contributed by atoms with van der Waals surface area (Å²) >= 11 is 0. The minimum absolute atomic E-state index is 0.0888. The first-order chi connectivity index (χ1) is 8.54. The van der Waals surface area contributed by atoms with Crippen molar-refractivity contribution < 1.29 is 19.4 Å². The van der Waals surface area contributed by atoms with E-state index in [0.717, 1.165) is 0 Å². The second kappa shape index (κ2) is 6.26. The number of hydrogen-bond acceptors (Lipinski definition) is 4. The fraction of sp³-hybridized carbons (Fsp3) is 0.462. The van der Waals surface area contributed by atoms with E-state index in [1.807, 2.05) is 0 Å². The van der Waals surface area contributed by atoms with Gasteiger partial charge in [-0.05, 0) is 25.1 Å². The molecule has 0 aliphatic heterocycles. The second-order valence-electron chi connectivity index (χ2n) is 4.01. The maximum absolute atomic E-state index is 12.3. The Kier molecular flexibility index (Phi) is 4.97. The molecule has 0 bridgehead atoms. The van der Waals surface area contributed by atoms with E-state index in [0.29, 0.717) is 17.1 Å². The van der Waals surface area contributed by atoms with Gasteiger partial charge in [0, 0.05) is 7.05 Å². The molecule has 0 aromatic heterocycles. The van der Waals surface area contributed by atoms with Gasteiger partial charge in [-0.3, -0.25) is 4.79 Å². The number of aliphatic hydroxyl groups excluding tert-OH is 1. The lowest BCUT2D eigenvalue weighted by Crippen LogP contribution is -2.37. The Bertz CT molecular complexity index is 419. The Balaban J connectivity index is 3.10. The van der Waals surface area contributed by atoms with E-state index in [9.17, 15) is 4.79 Å². The number of ether oxygens (including phenoxy) is 2. The van der Waals surface area contributed by atoms with Gasteiger partial charge in [0.2, 0.25) is 0 Å². The molecule has 1 atom stereocenters. The number of nitrogens with zero attached hydrogens (tertiary/aromatic N) is 1. The first-order valence-corrected chi connectivity index (χ1v) is 5.65. The van der Waals surface area contributed by atoms with Crippen molar-refractivity contribution in [2.75, 3.05) is 27.9 Å². The van der Waals surface area contributed by atoms with Crippen LogP contribution >= 0.6 is 0 Å². The quantitative estimate of drug-likeness (QED) is 0.855. The Hall–Kier alpha value is -1.75. The fourth-order valence-corrected chi connectivity index (χ4v) is 1.49. The summed E-state index contributed by atoms with van der Waals surface area (Å²) in [5.41, 5.74) is 0.416. The van der Waals surface area contributed by atoms with Crippen molar-refractivity contribution >= 4 is 5.91 Å². The van der Waals surface area contributed by atoms with Crippen molar-refractivity contribution in [2.24, 2.45) is 0 Å². The average molecular weight is 253 g/mol. The summed E-state index contributed by atoms with van der Waals surface area (Å²) in [7, 11) is 4.69. The molecule has 0 saturated heterocycles. The molecule has 0 aliphatic carbocycles. The number of carbonyl (C=O) groups excluding carboxylic acids is 1. The Labute approximate surface area is 107 Å². The van der Waals surface area contributed by atoms with Crippen LogP contribution in [0.2, 0.25) is 0 Å². The number of benzene rings is 1. The van der Waals surface area contributed by atoms with Crippen LogP contribution in [-0.4, -0.2) is 49.8 Å². The van der Waals surface area contributed by atoms with Gasteiger partial charge in [-0.2, -0.15) is 0 Å². The van der Waals surface area contributed by atoms with Gasteiger partial charge in [0.1, 0.15) is 11.5 Å². The van der Waals surface area contributed by atoms with E-state index in [-0.39, 0.29) is 18.6 Å². The molecule has 1 aromatic carbocycles. The van der Waals surface area contributed by atoms with Crippen LogP contribution in [0.25, 0.3) is 0 Å². The van der Waals surface area contributed by atoms with Crippen LogP contribution in [0.4, 0.5) is 0 Å². The second-order valence-corrected chi connectivity index (χ2v) is 4.01. The minimum Gasteiger partial charge on any atom is -0.497 e. The molecule has 0 heterocycles. The van der Waals surface area contributed by atoms with E-state index < -0.39 is 0 Å². The topological polar surface area (TPSA) is 59.0 Å². The van der Waals surface area contributed by atoms with E-state index in [4.69, 9.17) is 14.6 Å². The van der Waals surface area contributed by atoms with Crippen LogP contribution in [0.5, 0.6) is 11.5 Å². The highest BCUT2D eigenvalue weighted by molar-refractivity contribution is 5.97. The average Bonchev–Trinajstić information content (AvgIpc) is 2.43. The number of aliphatic hydroxyl groups is 1. The number of rotatable bonds is 5. The van der Waals surface area contributed by atoms with Gasteiger partial charge in [-0.1, -0.05) is 0 Å². The molecular weight excluding hydrogens is 234 g/mol. The predicted octanol–water partition coefficient (Wildman–Crippen LogP) is 1.16. The molecule has 1 aromatic rings. The Morgan fingerprint density at radius 3 is 2.56 bits per heavy atom. The number of methoxy groups -OCH3 is 2. The summed E-state index contributed by atoms with van der Waals surface area (Å²) in [5.74, 6) is 0.856. The first-order valence-electron chi connectivity index (χ1n) is 5.65. The summed E-state index contributed by atoms with van der Waals surface area (Å²) in [4.78, 5) is 13.7. The van der Waals surface area contributed by atoms with Gasteiger partial charge in [0.25, 0.3) is 5.91 Å². The SMILES string of the molecule is COc1ccc(OC)c(C(=O)N(C)C(C)CO)c1.